The molecule has 2 aromatic heterocycles. The maximum Gasteiger partial charge on any atom is 0.407 e. The van der Waals surface area contributed by atoms with Gasteiger partial charge in [-0.25, -0.2) is 36.4 Å². The van der Waals surface area contributed by atoms with E-state index in [9.17, 15) is 28.4 Å². The molecule has 3 fully saturated rings. The number of carbonyl (C=O) groups is 1. The number of aryl methyl sites for hydroxylation is 1. The fourth-order valence-electron chi connectivity index (χ4n) is 7.76. The summed E-state index contributed by atoms with van der Waals surface area (Å²) in [6, 6.07) is 6.68. The third-order valence-corrected chi connectivity index (χ3v) is 12.6. The molecule has 0 spiro atoms. The van der Waals surface area contributed by atoms with Crippen LogP contribution in [0, 0.1) is 23.1 Å². The number of fused-ring (bicyclic) bond motifs is 1. The van der Waals surface area contributed by atoms with E-state index < -0.39 is 62.6 Å². The van der Waals surface area contributed by atoms with E-state index in [1.807, 2.05) is 0 Å². The molecule has 1 aromatic carbocycles. The molecule has 5 heterocycles. The molecular weight excluding hydrogens is 730 g/mol. The minimum absolute atomic E-state index is 0.0469. The van der Waals surface area contributed by atoms with Gasteiger partial charge >= 0.3 is 6.09 Å². The second-order valence-corrected chi connectivity index (χ2v) is 16.8. The van der Waals surface area contributed by atoms with Gasteiger partial charge in [-0.05, 0) is 63.9 Å². The minimum atomic E-state index is -3.52. The Bertz CT molecular complexity index is 2050. The molecule has 1 atom stereocenters. The zero-order valence-corrected chi connectivity index (χ0v) is 30.9. The molecule has 3 saturated heterocycles. The Hall–Kier alpha value is -4.27. The third-order valence-electron chi connectivity index (χ3n) is 11.0. The predicted molar refractivity (Wildman–Crippen MR) is 192 cm³/mol. The number of benzene rings is 1. The molecule has 17 heteroatoms. The molecule has 0 bridgehead atoms. The summed E-state index contributed by atoms with van der Waals surface area (Å²) in [6.07, 6.45) is 2.44. The van der Waals surface area contributed by atoms with Crippen LogP contribution in [0.2, 0.25) is 0 Å². The third kappa shape index (κ3) is 8.50. The van der Waals surface area contributed by atoms with Gasteiger partial charge in [0.1, 0.15) is 33.4 Å². The highest BCUT2D eigenvalue weighted by Gasteiger charge is 2.42. The van der Waals surface area contributed by atoms with Crippen molar-refractivity contribution in [3.63, 3.8) is 0 Å². The van der Waals surface area contributed by atoms with Crippen LogP contribution in [-0.2, 0) is 37.2 Å². The van der Waals surface area contributed by atoms with Crippen molar-refractivity contribution in [1.82, 2.24) is 19.4 Å². The Labute approximate surface area is 311 Å². The topological polar surface area (TPSA) is 177 Å². The molecule has 292 valence electrons. The van der Waals surface area contributed by atoms with Crippen molar-refractivity contribution >= 4 is 32.8 Å². The first-order valence-electron chi connectivity index (χ1n) is 18.4. The Kier molecular flexibility index (Phi) is 11.8. The molecule has 6 rings (SSSR count). The number of rotatable bonds is 13. The van der Waals surface area contributed by atoms with Crippen LogP contribution in [0.25, 0.3) is 11.0 Å². The monoisotopic (exact) mass is 774 g/mol. The SMILES string of the molecule is C[C@@H](Nc1ncnc2c1cc(C1(C#N)CCS(=O)(=O)CC1)c(=O)n2CCCCCC1OCCO1)c1cccc(C(F)(F)CC2CCN(C(=O)O)CC2)c1F. The van der Waals surface area contributed by atoms with E-state index in [0.29, 0.717) is 31.4 Å². The summed E-state index contributed by atoms with van der Waals surface area (Å²) in [4.78, 5) is 35.4. The van der Waals surface area contributed by atoms with E-state index >= 15 is 13.2 Å². The Morgan fingerprint density at radius 3 is 2.52 bits per heavy atom. The first kappa shape index (κ1) is 39.4. The van der Waals surface area contributed by atoms with Gasteiger partial charge in [-0.15, -0.1) is 0 Å². The summed E-state index contributed by atoms with van der Waals surface area (Å²) < 4.78 is 84.6. The highest BCUT2D eigenvalue weighted by molar-refractivity contribution is 7.91. The Balaban J connectivity index is 1.29. The number of likely N-dealkylation sites (tertiary alicyclic amines) is 1. The molecule has 0 aliphatic carbocycles. The van der Waals surface area contributed by atoms with Gasteiger partial charge in [0.2, 0.25) is 0 Å². The van der Waals surface area contributed by atoms with Crippen LogP contribution in [0.5, 0.6) is 0 Å². The van der Waals surface area contributed by atoms with Crippen LogP contribution in [0.15, 0.2) is 35.4 Å². The second kappa shape index (κ2) is 16.2. The number of nitrogens with one attached hydrogen (secondary N) is 1. The van der Waals surface area contributed by atoms with Gasteiger partial charge in [-0.2, -0.15) is 5.26 Å². The quantitative estimate of drug-likeness (QED) is 0.198. The van der Waals surface area contributed by atoms with Crippen LogP contribution < -0.4 is 10.9 Å². The number of halogens is 3. The molecule has 1 amide bonds. The minimum Gasteiger partial charge on any atom is -0.465 e. The number of piperidine rings is 1. The number of nitrogens with zero attached hydrogens (tertiary/aromatic N) is 5. The zero-order chi connectivity index (χ0) is 38.7. The number of unbranched alkanes of at least 4 members (excludes halogenated alkanes) is 2. The largest absolute Gasteiger partial charge is 0.465 e. The predicted octanol–water partition coefficient (Wildman–Crippen LogP) is 5.88. The summed E-state index contributed by atoms with van der Waals surface area (Å²) in [5.74, 6) is -5.40. The Morgan fingerprint density at radius 1 is 1.15 bits per heavy atom. The number of nitriles is 1. The van der Waals surface area contributed by atoms with Gasteiger partial charge < -0.3 is 24.8 Å². The summed E-state index contributed by atoms with van der Waals surface area (Å²) in [5, 5.41) is 23.1. The molecule has 0 unspecified atom stereocenters. The van der Waals surface area contributed by atoms with Crippen LogP contribution >= 0.6 is 0 Å². The number of hydrogen-bond acceptors (Lipinski definition) is 10. The zero-order valence-electron chi connectivity index (χ0n) is 30.1. The van der Waals surface area contributed by atoms with Gasteiger partial charge in [0.05, 0.1) is 53.2 Å². The van der Waals surface area contributed by atoms with E-state index in [0.717, 1.165) is 18.9 Å². The molecule has 3 aliphatic rings. The van der Waals surface area contributed by atoms with E-state index in [4.69, 9.17) is 9.47 Å². The van der Waals surface area contributed by atoms with E-state index in [2.05, 4.69) is 21.4 Å². The summed E-state index contributed by atoms with van der Waals surface area (Å²) in [5.41, 5.74) is -2.28. The van der Waals surface area contributed by atoms with Crippen molar-refractivity contribution in [2.75, 3.05) is 43.1 Å². The van der Waals surface area contributed by atoms with Crippen molar-refractivity contribution in [3.8, 4) is 6.07 Å². The molecule has 13 nitrogen and oxygen atoms in total. The molecule has 3 aliphatic heterocycles. The average molecular weight is 775 g/mol. The van der Waals surface area contributed by atoms with E-state index in [-0.39, 0.29) is 85.7 Å². The fourth-order valence-corrected chi connectivity index (χ4v) is 9.28. The standard InChI is InChI=1S/C37H45F3N6O7S/c1-24(26-6-5-7-28(31(26)38)37(39,40)21-25-9-14-45(15-10-25)35(48)49)44-32-27-20-29(36(22-41)11-18-54(50,51)19-12-36)34(47)46(33(27)43-23-42-32)13-4-2-3-8-30-52-16-17-53-30/h5-7,20,23-25,30H,2-4,8-19,21H2,1H3,(H,48,49)(H,42,43,44)/t24-/m1/s1. The highest BCUT2D eigenvalue weighted by Crippen LogP contribution is 2.41. The van der Waals surface area contributed by atoms with Crippen molar-refractivity contribution in [3.05, 3.63) is 63.5 Å². The van der Waals surface area contributed by atoms with Gasteiger partial charge in [0, 0.05) is 37.2 Å². The molecular formula is C37H45F3N6O7S. The lowest BCUT2D eigenvalue weighted by Gasteiger charge is -2.32. The van der Waals surface area contributed by atoms with E-state index in [1.54, 1.807) is 6.92 Å². The first-order chi connectivity index (χ1) is 25.7. The van der Waals surface area contributed by atoms with Crippen molar-refractivity contribution in [1.29, 1.82) is 5.26 Å². The van der Waals surface area contributed by atoms with Crippen molar-refractivity contribution < 1.29 is 41.0 Å². The van der Waals surface area contributed by atoms with Gasteiger partial charge in [-0.3, -0.25) is 9.36 Å². The summed E-state index contributed by atoms with van der Waals surface area (Å²) >= 11 is 0. The maximum atomic E-state index is 16.1. The number of aromatic nitrogens is 3. The maximum absolute atomic E-state index is 16.1. The number of sulfone groups is 1. The number of pyridine rings is 1. The van der Waals surface area contributed by atoms with Crippen LogP contribution in [-0.4, -0.2) is 83.2 Å². The number of amides is 1. The number of hydrogen-bond donors (Lipinski definition) is 2. The van der Waals surface area contributed by atoms with E-state index in [1.165, 1.54) is 34.0 Å². The van der Waals surface area contributed by atoms with Crippen LogP contribution in [0.3, 0.4) is 0 Å². The lowest BCUT2D eigenvalue weighted by molar-refractivity contribution is -0.0480. The van der Waals surface area contributed by atoms with Crippen molar-refractivity contribution in [2.24, 2.45) is 5.92 Å². The number of ether oxygens (including phenoxy) is 2. The first-order valence-corrected chi connectivity index (χ1v) is 20.2. The molecule has 0 radical (unpaired) electrons. The Morgan fingerprint density at radius 2 is 1.85 bits per heavy atom. The van der Waals surface area contributed by atoms with Crippen LogP contribution in [0.4, 0.5) is 23.8 Å². The summed E-state index contributed by atoms with van der Waals surface area (Å²) in [6.45, 7) is 3.22. The lowest BCUT2D eigenvalue weighted by Crippen LogP contribution is -2.41. The average Bonchev–Trinajstić information content (AvgIpc) is 3.66. The number of anilines is 1. The second-order valence-electron chi connectivity index (χ2n) is 14.5. The lowest BCUT2D eigenvalue weighted by atomic mass is 9.77. The summed E-state index contributed by atoms with van der Waals surface area (Å²) in [7, 11) is -3.38. The van der Waals surface area contributed by atoms with Crippen LogP contribution in [0.1, 0.15) is 87.4 Å². The van der Waals surface area contributed by atoms with Crippen molar-refractivity contribution in [2.45, 2.75) is 94.9 Å². The van der Waals surface area contributed by atoms with Gasteiger partial charge in [-0.1, -0.05) is 24.6 Å². The fraction of sp³-hybridized carbons (Fsp3) is 0.595. The molecule has 2 N–H and O–H groups in total. The molecule has 0 saturated carbocycles. The highest BCUT2D eigenvalue weighted by atomic mass is 32.2. The number of alkyl halides is 2. The van der Waals surface area contributed by atoms with Gasteiger partial charge in [0.15, 0.2) is 6.29 Å². The normalized spacial score (nSPS) is 19.8. The molecule has 54 heavy (non-hydrogen) atoms. The number of carboxylic acid groups (broad SMARTS) is 1. The van der Waals surface area contributed by atoms with Gasteiger partial charge in [0.25, 0.3) is 11.5 Å². The molecule has 3 aromatic rings. The smallest absolute Gasteiger partial charge is 0.407 e.